The minimum Gasteiger partial charge on any atom is -0.344 e. The number of carbonyl (C=O) groups excluding carboxylic acids is 6. The van der Waals surface area contributed by atoms with Gasteiger partial charge in [0.25, 0.3) is 11.8 Å². The van der Waals surface area contributed by atoms with Crippen molar-refractivity contribution in [3.05, 3.63) is 119 Å². The first-order valence-corrected chi connectivity index (χ1v) is 26.2. The van der Waals surface area contributed by atoms with Crippen LogP contribution in [-0.4, -0.2) is 125 Å². The van der Waals surface area contributed by atoms with Gasteiger partial charge in [-0.1, -0.05) is 86.6 Å². The van der Waals surface area contributed by atoms with Crippen molar-refractivity contribution in [2.45, 2.75) is 122 Å². The van der Waals surface area contributed by atoms with Gasteiger partial charge >= 0.3 is 0 Å². The van der Waals surface area contributed by atoms with E-state index in [2.05, 4.69) is 34.9 Å². The van der Waals surface area contributed by atoms with Gasteiger partial charge in [0, 0.05) is 80.7 Å². The van der Waals surface area contributed by atoms with E-state index >= 15 is 0 Å². The highest BCUT2D eigenvalue weighted by atomic mass is 16.2. The average molecular weight is 951 g/mol. The van der Waals surface area contributed by atoms with E-state index in [0.29, 0.717) is 69.7 Å². The molecule has 2 aliphatic carbocycles. The molecule has 2 N–H and O–H groups in total. The molecule has 2 saturated carbocycles. The summed E-state index contributed by atoms with van der Waals surface area (Å²) in [6, 6.07) is 30.4. The van der Waals surface area contributed by atoms with Crippen LogP contribution in [0.3, 0.4) is 0 Å². The smallest absolute Gasteiger partial charge is 0.253 e. The highest BCUT2D eigenvalue weighted by Crippen LogP contribution is 2.41. The Morgan fingerprint density at radius 2 is 1.11 bits per heavy atom. The summed E-state index contributed by atoms with van der Waals surface area (Å²) in [6.45, 7) is 8.69. The number of carbonyl (C=O) groups is 6. The number of nitrogens with zero attached hydrogens (tertiary/aromatic N) is 4. The van der Waals surface area contributed by atoms with Crippen LogP contribution in [0.25, 0.3) is 10.8 Å². The number of Topliss-reactive ketones (excluding diaryl/α,β-unsaturated/α-hetero) is 1. The Morgan fingerprint density at radius 3 is 1.57 bits per heavy atom. The van der Waals surface area contributed by atoms with Gasteiger partial charge in [-0.2, -0.15) is 0 Å². The van der Waals surface area contributed by atoms with Crippen LogP contribution in [0.5, 0.6) is 0 Å². The second kappa shape index (κ2) is 23.4. The molecule has 2 aliphatic heterocycles. The van der Waals surface area contributed by atoms with E-state index in [0.717, 1.165) is 73.3 Å². The van der Waals surface area contributed by atoms with Crippen LogP contribution in [0.2, 0.25) is 0 Å². The Hall–Kier alpha value is -5.88. The third-order valence-electron chi connectivity index (χ3n) is 15.7. The molecule has 12 heteroatoms. The predicted molar refractivity (Wildman–Crippen MR) is 274 cm³/mol. The number of likely N-dealkylation sites (tertiary alicyclic amines) is 2. The van der Waals surface area contributed by atoms with Crippen molar-refractivity contribution in [2.75, 3.05) is 46.3 Å². The standard InChI is InChI=1S/C58H74N6O6/c1-5-39(2)54(66)60-53(44-22-23-44)58(70)64-31-13-19-50(64)38-62(33-29-42-16-10-7-11-17-42)56(68)48-27-25-45-34-47(26-24-46(45)35-48)55(67)61(32-28-41-14-8-6-9-15-41)37-49-18-12-30-63(49)57(69)51(43-20-21-43)36-52(65)40(3)59-4/h6-11,14-17,24-27,34-35,39-40,43-44,49-51,53,59H,5,12-13,18-23,28-33,36-38H2,1-4H3,(H,60,66)/t39-,40+,49+,50+,51+,53+/m1/s1. The molecule has 5 amide bonds. The van der Waals surface area contributed by atoms with Crippen LogP contribution in [0.15, 0.2) is 97.1 Å². The molecular formula is C58H74N6O6. The van der Waals surface area contributed by atoms with Gasteiger partial charge in [0.15, 0.2) is 0 Å². The maximum Gasteiger partial charge on any atom is 0.253 e. The van der Waals surface area contributed by atoms with E-state index in [9.17, 15) is 28.8 Å². The summed E-state index contributed by atoms with van der Waals surface area (Å²) in [7, 11) is 1.77. The van der Waals surface area contributed by atoms with E-state index in [1.807, 2.05) is 113 Å². The SMILES string of the molecule is CC[C@@H](C)C(=O)N[C@H](C(=O)N1CCC[C@H]1CN(CCc1ccccc1)C(=O)c1ccc2cc(C(=O)N(CCc3ccccc3)C[C@@H]3CCCN3C(=O)[C@@H](CC(=O)[C@H](C)NC)C3CC3)ccc2c1)C1CC1. The molecule has 0 bridgehead atoms. The molecule has 8 rings (SSSR count). The molecule has 372 valence electrons. The molecule has 4 aliphatic rings. The Kier molecular flexibility index (Phi) is 16.9. The highest BCUT2D eigenvalue weighted by Gasteiger charge is 2.44. The van der Waals surface area contributed by atoms with E-state index in [1.165, 1.54) is 0 Å². The maximum absolute atomic E-state index is 14.7. The number of amides is 5. The second-order valence-corrected chi connectivity index (χ2v) is 20.7. The zero-order valence-electron chi connectivity index (χ0n) is 41.8. The van der Waals surface area contributed by atoms with Crippen LogP contribution in [0.4, 0.5) is 0 Å². The molecule has 4 fully saturated rings. The lowest BCUT2D eigenvalue weighted by molar-refractivity contribution is -0.140. The van der Waals surface area contributed by atoms with Crippen molar-refractivity contribution < 1.29 is 28.8 Å². The van der Waals surface area contributed by atoms with Crippen LogP contribution in [0.1, 0.15) is 117 Å². The molecule has 0 spiro atoms. The van der Waals surface area contributed by atoms with Crippen molar-refractivity contribution in [3.63, 3.8) is 0 Å². The van der Waals surface area contributed by atoms with Gasteiger partial charge < -0.3 is 30.2 Å². The molecule has 6 atom stereocenters. The number of nitrogens with one attached hydrogen (secondary N) is 2. The maximum atomic E-state index is 14.7. The molecule has 70 heavy (non-hydrogen) atoms. The van der Waals surface area contributed by atoms with Gasteiger partial charge in [0.05, 0.1) is 6.04 Å². The first-order valence-electron chi connectivity index (χ1n) is 26.2. The number of ketones is 1. The van der Waals surface area contributed by atoms with E-state index < -0.39 is 6.04 Å². The number of benzene rings is 4. The molecular weight excluding hydrogens is 877 g/mol. The van der Waals surface area contributed by atoms with Crippen molar-refractivity contribution in [3.8, 4) is 0 Å². The summed E-state index contributed by atoms with van der Waals surface area (Å²) in [5, 5.41) is 7.81. The number of rotatable bonds is 23. The fourth-order valence-electron chi connectivity index (χ4n) is 10.6. The van der Waals surface area contributed by atoms with Crippen molar-refractivity contribution in [1.29, 1.82) is 0 Å². The zero-order chi connectivity index (χ0) is 49.3. The summed E-state index contributed by atoms with van der Waals surface area (Å²) in [5.74, 6) is -0.351. The zero-order valence-corrected chi connectivity index (χ0v) is 41.8. The van der Waals surface area contributed by atoms with Gasteiger partial charge in [-0.05, 0) is 143 Å². The Balaban J connectivity index is 0.998. The number of fused-ring (bicyclic) bond motifs is 1. The van der Waals surface area contributed by atoms with E-state index in [4.69, 9.17) is 0 Å². The Labute approximate surface area is 414 Å². The largest absolute Gasteiger partial charge is 0.344 e. The van der Waals surface area contributed by atoms with Crippen LogP contribution in [0, 0.1) is 23.7 Å². The fraction of sp³-hybridized carbons (Fsp3) is 0.517. The lowest BCUT2D eigenvalue weighted by atomic mass is 9.93. The summed E-state index contributed by atoms with van der Waals surface area (Å²) < 4.78 is 0. The molecule has 12 nitrogen and oxygen atoms in total. The molecule has 0 unspecified atom stereocenters. The summed E-state index contributed by atoms with van der Waals surface area (Å²) >= 11 is 0. The summed E-state index contributed by atoms with van der Waals surface area (Å²) in [4.78, 5) is 91.7. The van der Waals surface area contributed by atoms with Crippen LogP contribution >= 0.6 is 0 Å². The van der Waals surface area contributed by atoms with Gasteiger partial charge in [0.1, 0.15) is 11.8 Å². The van der Waals surface area contributed by atoms with Crippen LogP contribution in [-0.2, 0) is 32.0 Å². The lowest BCUT2D eigenvalue weighted by Crippen LogP contribution is -2.54. The quantitative estimate of drug-likeness (QED) is 0.0777. The molecule has 2 saturated heterocycles. The van der Waals surface area contributed by atoms with Crippen molar-refractivity contribution >= 4 is 46.1 Å². The summed E-state index contributed by atoms with van der Waals surface area (Å²) in [6.07, 6.45) is 9.31. The molecule has 4 aromatic carbocycles. The lowest BCUT2D eigenvalue weighted by Gasteiger charge is -2.34. The Morgan fingerprint density at radius 1 is 0.629 bits per heavy atom. The van der Waals surface area contributed by atoms with E-state index in [1.54, 1.807) is 7.05 Å². The van der Waals surface area contributed by atoms with Gasteiger partial charge in [-0.3, -0.25) is 28.8 Å². The minimum atomic E-state index is -0.537. The monoisotopic (exact) mass is 951 g/mol. The van der Waals surface area contributed by atoms with Gasteiger partial charge in [-0.15, -0.1) is 0 Å². The minimum absolute atomic E-state index is 0.0359. The molecule has 0 aromatic heterocycles. The molecule has 4 aromatic rings. The van der Waals surface area contributed by atoms with Crippen molar-refractivity contribution in [2.24, 2.45) is 23.7 Å². The van der Waals surface area contributed by atoms with Gasteiger partial charge in [0.2, 0.25) is 17.7 Å². The molecule has 0 radical (unpaired) electrons. The second-order valence-electron chi connectivity index (χ2n) is 20.7. The number of likely N-dealkylation sites (N-methyl/N-ethyl adjacent to an activating group) is 1. The van der Waals surface area contributed by atoms with Crippen molar-refractivity contribution in [1.82, 2.24) is 30.2 Å². The first kappa shape index (κ1) is 50.5. The third kappa shape index (κ3) is 12.5. The normalized spacial score (nSPS) is 19.6. The summed E-state index contributed by atoms with van der Waals surface area (Å²) in [5.41, 5.74) is 3.32. The number of hydrogen-bond acceptors (Lipinski definition) is 7. The van der Waals surface area contributed by atoms with Crippen LogP contribution < -0.4 is 10.6 Å². The first-order chi connectivity index (χ1) is 33.9. The predicted octanol–water partition coefficient (Wildman–Crippen LogP) is 7.73. The van der Waals surface area contributed by atoms with Gasteiger partial charge in [-0.25, -0.2) is 0 Å². The Bertz CT molecular complexity index is 2300. The van der Waals surface area contributed by atoms with E-state index in [-0.39, 0.29) is 83.5 Å². The topological polar surface area (TPSA) is 139 Å². The fourth-order valence-corrected chi connectivity index (χ4v) is 10.6. The molecule has 2 heterocycles. The highest BCUT2D eigenvalue weighted by molar-refractivity contribution is 6.02. The number of hydrogen-bond donors (Lipinski definition) is 2. The third-order valence-corrected chi connectivity index (χ3v) is 15.7. The average Bonchev–Trinajstić information content (AvgIpc) is 4.33.